The van der Waals surface area contributed by atoms with Gasteiger partial charge >= 0.3 is 0 Å². The molecule has 0 fully saturated rings. The molecule has 2 aromatic rings. The molecule has 0 atom stereocenters. The summed E-state index contributed by atoms with van der Waals surface area (Å²) in [6.45, 7) is 4.89. The summed E-state index contributed by atoms with van der Waals surface area (Å²) in [4.78, 5) is 11.3. The number of hydrogen-bond acceptors (Lipinski definition) is 2. The molecule has 3 nitrogen and oxygen atoms in total. The Balaban J connectivity index is 2.42. The maximum absolute atomic E-state index is 11.3. The molecule has 2 heterocycles. The van der Waals surface area contributed by atoms with Gasteiger partial charge in [-0.05, 0) is 12.0 Å². The molecule has 0 aliphatic carbocycles. The predicted octanol–water partition coefficient (Wildman–Crippen LogP) is 2.12. The minimum Gasteiger partial charge on any atom is -0.341 e. The molecule has 0 radical (unpaired) electrons. The number of nitrogens with zero attached hydrogens (tertiary/aromatic N) is 1. The molecule has 1 aliphatic heterocycles. The third kappa shape index (κ3) is 1.42. The van der Waals surface area contributed by atoms with Gasteiger partial charge in [0.25, 0.3) is 0 Å². The van der Waals surface area contributed by atoms with Gasteiger partial charge < -0.3 is 9.88 Å². The van der Waals surface area contributed by atoms with Gasteiger partial charge in [0.2, 0.25) is 0 Å². The highest BCUT2D eigenvalue weighted by Gasteiger charge is 2.20. The Morgan fingerprint density at radius 1 is 1.47 bits per heavy atom. The van der Waals surface area contributed by atoms with E-state index in [1.165, 1.54) is 11.1 Å². The van der Waals surface area contributed by atoms with Crippen LogP contribution in [0.3, 0.4) is 0 Å². The Morgan fingerprint density at radius 3 is 3.12 bits per heavy atom. The molecule has 0 bridgehead atoms. The van der Waals surface area contributed by atoms with Crippen LogP contribution in [0.2, 0.25) is 0 Å². The van der Waals surface area contributed by atoms with Gasteiger partial charge in [-0.25, -0.2) is 0 Å². The number of carbonyl (C=O) groups is 1. The summed E-state index contributed by atoms with van der Waals surface area (Å²) in [6.07, 6.45) is 2.01. The number of hydrogen-bond donors (Lipinski definition) is 1. The average molecular weight is 228 g/mol. The van der Waals surface area contributed by atoms with Crippen LogP contribution in [0, 0.1) is 0 Å². The van der Waals surface area contributed by atoms with Gasteiger partial charge in [0.1, 0.15) is 0 Å². The standard InChI is InChI=1S/C14H16N2O/c1-2-10-4-3-5-11-12(9-17)13-8-15-6-7-16(13)14(10)11/h3-5,9,15H,2,6-8H2,1H3. The number of para-hydroxylation sites is 1. The first kappa shape index (κ1) is 10.5. The van der Waals surface area contributed by atoms with Crippen molar-refractivity contribution in [3.05, 3.63) is 35.0 Å². The molecule has 1 aliphatic rings. The number of fused-ring (bicyclic) bond motifs is 3. The summed E-state index contributed by atoms with van der Waals surface area (Å²) >= 11 is 0. The van der Waals surface area contributed by atoms with Gasteiger partial charge in [0.05, 0.1) is 5.52 Å². The number of aldehydes is 1. The first-order valence-corrected chi connectivity index (χ1v) is 6.15. The van der Waals surface area contributed by atoms with Crippen molar-refractivity contribution in [3.8, 4) is 0 Å². The molecule has 1 aromatic heterocycles. The molecular formula is C14H16N2O. The van der Waals surface area contributed by atoms with E-state index in [0.717, 1.165) is 49.0 Å². The summed E-state index contributed by atoms with van der Waals surface area (Å²) < 4.78 is 2.31. The lowest BCUT2D eigenvalue weighted by molar-refractivity contribution is 0.112. The van der Waals surface area contributed by atoms with Crippen molar-refractivity contribution in [2.75, 3.05) is 6.54 Å². The Bertz CT molecular complexity index is 583. The van der Waals surface area contributed by atoms with Crippen molar-refractivity contribution >= 4 is 17.2 Å². The van der Waals surface area contributed by atoms with Crippen LogP contribution >= 0.6 is 0 Å². The quantitative estimate of drug-likeness (QED) is 0.799. The lowest BCUT2D eigenvalue weighted by Crippen LogP contribution is -2.28. The molecule has 88 valence electrons. The second kappa shape index (κ2) is 4.00. The molecule has 0 amide bonds. The van der Waals surface area contributed by atoms with Crippen molar-refractivity contribution in [2.24, 2.45) is 0 Å². The van der Waals surface area contributed by atoms with Gasteiger partial charge in [-0.15, -0.1) is 0 Å². The van der Waals surface area contributed by atoms with Crippen LogP contribution < -0.4 is 5.32 Å². The van der Waals surface area contributed by atoms with E-state index in [0.29, 0.717) is 0 Å². The van der Waals surface area contributed by atoms with E-state index >= 15 is 0 Å². The van der Waals surface area contributed by atoms with Crippen LogP contribution in [0.25, 0.3) is 10.9 Å². The Labute approximate surface area is 100 Å². The molecule has 3 rings (SSSR count). The number of rotatable bonds is 2. The third-order valence-electron chi connectivity index (χ3n) is 3.62. The lowest BCUT2D eigenvalue weighted by Gasteiger charge is -2.18. The smallest absolute Gasteiger partial charge is 0.152 e. The van der Waals surface area contributed by atoms with Crippen LogP contribution in [0.15, 0.2) is 18.2 Å². The van der Waals surface area contributed by atoms with Gasteiger partial charge in [-0.1, -0.05) is 25.1 Å². The number of aryl methyl sites for hydroxylation is 1. The van der Waals surface area contributed by atoms with Crippen molar-refractivity contribution in [1.82, 2.24) is 9.88 Å². The monoisotopic (exact) mass is 228 g/mol. The Hall–Kier alpha value is -1.61. The first-order chi connectivity index (χ1) is 8.36. The van der Waals surface area contributed by atoms with E-state index in [9.17, 15) is 4.79 Å². The van der Waals surface area contributed by atoms with Crippen LogP contribution in [-0.2, 0) is 19.5 Å². The summed E-state index contributed by atoms with van der Waals surface area (Å²) in [5, 5.41) is 4.44. The second-order valence-corrected chi connectivity index (χ2v) is 4.47. The van der Waals surface area contributed by atoms with Crippen molar-refractivity contribution < 1.29 is 4.79 Å². The van der Waals surface area contributed by atoms with Crippen LogP contribution in [-0.4, -0.2) is 17.4 Å². The number of nitrogens with one attached hydrogen (secondary N) is 1. The SMILES string of the molecule is CCc1cccc2c(C=O)c3n(c12)CCNC3. The molecule has 0 saturated heterocycles. The van der Waals surface area contributed by atoms with Crippen molar-refractivity contribution in [3.63, 3.8) is 0 Å². The van der Waals surface area contributed by atoms with E-state index < -0.39 is 0 Å². The summed E-state index contributed by atoms with van der Waals surface area (Å²) in [5.74, 6) is 0. The maximum Gasteiger partial charge on any atom is 0.152 e. The molecule has 3 heteroatoms. The normalized spacial score (nSPS) is 14.9. The summed E-state index contributed by atoms with van der Waals surface area (Å²) in [7, 11) is 0. The fourth-order valence-electron chi connectivity index (χ4n) is 2.82. The van der Waals surface area contributed by atoms with E-state index in [1.807, 2.05) is 6.07 Å². The highest BCUT2D eigenvalue weighted by Crippen LogP contribution is 2.29. The molecule has 17 heavy (non-hydrogen) atoms. The molecule has 1 aromatic carbocycles. The van der Waals surface area contributed by atoms with Crippen LogP contribution in [0.4, 0.5) is 0 Å². The predicted molar refractivity (Wildman–Crippen MR) is 68.4 cm³/mol. The number of aromatic nitrogens is 1. The second-order valence-electron chi connectivity index (χ2n) is 4.47. The summed E-state index contributed by atoms with van der Waals surface area (Å²) in [6, 6.07) is 6.27. The number of carbonyl (C=O) groups excluding carboxylic acids is 1. The highest BCUT2D eigenvalue weighted by molar-refractivity contribution is 6.00. The van der Waals surface area contributed by atoms with E-state index in [2.05, 4.69) is 28.9 Å². The van der Waals surface area contributed by atoms with Gasteiger partial charge in [-0.2, -0.15) is 0 Å². The zero-order valence-electron chi connectivity index (χ0n) is 9.99. The van der Waals surface area contributed by atoms with Crippen LogP contribution in [0.5, 0.6) is 0 Å². The van der Waals surface area contributed by atoms with E-state index in [1.54, 1.807) is 0 Å². The Morgan fingerprint density at radius 2 is 2.35 bits per heavy atom. The third-order valence-corrected chi connectivity index (χ3v) is 3.62. The topological polar surface area (TPSA) is 34.0 Å². The fourth-order valence-corrected chi connectivity index (χ4v) is 2.82. The minimum absolute atomic E-state index is 0.798. The maximum atomic E-state index is 11.3. The first-order valence-electron chi connectivity index (χ1n) is 6.15. The van der Waals surface area contributed by atoms with Gasteiger partial charge in [0.15, 0.2) is 6.29 Å². The van der Waals surface area contributed by atoms with Gasteiger partial charge in [0, 0.05) is 36.3 Å². The minimum atomic E-state index is 0.798. The van der Waals surface area contributed by atoms with E-state index in [4.69, 9.17) is 0 Å². The van der Waals surface area contributed by atoms with Crippen molar-refractivity contribution in [1.29, 1.82) is 0 Å². The molecule has 0 saturated carbocycles. The van der Waals surface area contributed by atoms with Crippen molar-refractivity contribution in [2.45, 2.75) is 26.4 Å². The molecule has 0 unspecified atom stereocenters. The average Bonchev–Trinajstić information content (AvgIpc) is 2.72. The largest absolute Gasteiger partial charge is 0.341 e. The number of benzene rings is 1. The highest BCUT2D eigenvalue weighted by atomic mass is 16.1. The molecule has 0 spiro atoms. The molecular weight excluding hydrogens is 212 g/mol. The van der Waals surface area contributed by atoms with Gasteiger partial charge in [-0.3, -0.25) is 4.79 Å². The zero-order valence-corrected chi connectivity index (χ0v) is 9.99. The van der Waals surface area contributed by atoms with Crippen LogP contribution in [0.1, 0.15) is 28.5 Å². The lowest BCUT2D eigenvalue weighted by atomic mass is 10.1. The molecule has 1 N–H and O–H groups in total. The Kier molecular flexibility index (Phi) is 2.48. The zero-order chi connectivity index (χ0) is 11.8. The summed E-state index contributed by atoms with van der Waals surface area (Å²) in [5.41, 5.74) is 4.59. The fraction of sp³-hybridized carbons (Fsp3) is 0.357. The van der Waals surface area contributed by atoms with E-state index in [-0.39, 0.29) is 0 Å².